The van der Waals surface area contributed by atoms with E-state index in [-0.39, 0.29) is 0 Å². The van der Waals surface area contributed by atoms with Crippen LogP contribution >= 0.6 is 11.3 Å². The van der Waals surface area contributed by atoms with Gasteiger partial charge in [-0.25, -0.2) is 4.98 Å². The Kier molecular flexibility index (Phi) is 5.75. The summed E-state index contributed by atoms with van der Waals surface area (Å²) in [5, 5.41) is 6.75. The number of hydrogen-bond acceptors (Lipinski definition) is 4. The Bertz CT molecular complexity index is 247. The van der Waals surface area contributed by atoms with Crippen LogP contribution in [0.4, 0.5) is 0 Å². The van der Waals surface area contributed by atoms with Gasteiger partial charge in [-0.1, -0.05) is 6.92 Å². The van der Waals surface area contributed by atoms with Crippen molar-refractivity contribution in [3.05, 3.63) is 16.1 Å². The van der Waals surface area contributed by atoms with Gasteiger partial charge in [0, 0.05) is 24.5 Å². The summed E-state index contributed by atoms with van der Waals surface area (Å²) in [5.74, 6) is 0. The molecular formula is C10H19N3S. The van der Waals surface area contributed by atoms with Crippen molar-refractivity contribution >= 4 is 11.3 Å². The van der Waals surface area contributed by atoms with Crippen LogP contribution in [0.5, 0.6) is 0 Å². The lowest BCUT2D eigenvalue weighted by molar-refractivity contribution is 0.608. The predicted octanol–water partition coefficient (Wildman–Crippen LogP) is 1.54. The monoisotopic (exact) mass is 213 g/mol. The number of nitrogens with one attached hydrogen (secondary N) is 2. The summed E-state index contributed by atoms with van der Waals surface area (Å²) in [5.41, 5.74) is 3.06. The van der Waals surface area contributed by atoms with E-state index in [1.54, 1.807) is 11.3 Å². The van der Waals surface area contributed by atoms with E-state index in [0.717, 1.165) is 31.9 Å². The molecule has 2 N–H and O–H groups in total. The summed E-state index contributed by atoms with van der Waals surface area (Å²) in [4.78, 5) is 5.56. The van der Waals surface area contributed by atoms with Gasteiger partial charge in [0.25, 0.3) is 0 Å². The Hall–Kier alpha value is -0.450. The molecular weight excluding hydrogens is 194 g/mol. The minimum Gasteiger partial charge on any atom is -0.315 e. The van der Waals surface area contributed by atoms with Gasteiger partial charge in [0.1, 0.15) is 0 Å². The fourth-order valence-corrected chi connectivity index (χ4v) is 1.92. The molecule has 1 heterocycles. The zero-order valence-electron chi connectivity index (χ0n) is 8.97. The predicted molar refractivity (Wildman–Crippen MR) is 61.7 cm³/mol. The third-order valence-electron chi connectivity index (χ3n) is 2.04. The summed E-state index contributed by atoms with van der Waals surface area (Å²) in [6.45, 7) is 8.37. The first kappa shape index (κ1) is 11.6. The third-order valence-corrected chi connectivity index (χ3v) is 2.97. The Morgan fingerprint density at radius 1 is 1.29 bits per heavy atom. The van der Waals surface area contributed by atoms with Crippen molar-refractivity contribution in [2.75, 3.05) is 19.6 Å². The second-order valence-corrected chi connectivity index (χ2v) is 4.23. The number of nitrogens with zero attached hydrogens (tertiary/aromatic N) is 1. The second-order valence-electron chi connectivity index (χ2n) is 3.29. The lowest BCUT2D eigenvalue weighted by Crippen LogP contribution is -2.27. The third kappa shape index (κ3) is 4.17. The van der Waals surface area contributed by atoms with Crippen LogP contribution in [-0.4, -0.2) is 24.6 Å². The van der Waals surface area contributed by atoms with E-state index < -0.39 is 0 Å². The Labute approximate surface area is 89.9 Å². The van der Waals surface area contributed by atoms with E-state index in [1.165, 1.54) is 11.3 Å². The molecule has 0 fully saturated rings. The van der Waals surface area contributed by atoms with Crippen LogP contribution in [0.2, 0.25) is 0 Å². The molecule has 1 aromatic rings. The highest BCUT2D eigenvalue weighted by Gasteiger charge is 1.99. The van der Waals surface area contributed by atoms with Crippen LogP contribution in [0.25, 0.3) is 0 Å². The van der Waals surface area contributed by atoms with Crippen LogP contribution in [0.1, 0.15) is 23.9 Å². The van der Waals surface area contributed by atoms with Crippen LogP contribution in [-0.2, 0) is 6.54 Å². The first-order valence-corrected chi connectivity index (χ1v) is 6.03. The highest BCUT2D eigenvalue weighted by Crippen LogP contribution is 2.10. The number of aromatic nitrogens is 1. The second kappa shape index (κ2) is 6.92. The summed E-state index contributed by atoms with van der Waals surface area (Å²) < 4.78 is 0. The smallest absolute Gasteiger partial charge is 0.0798 e. The molecule has 4 heteroatoms. The minimum atomic E-state index is 0.949. The number of aryl methyl sites for hydroxylation is 1. The quantitative estimate of drug-likeness (QED) is 0.675. The molecule has 0 spiro atoms. The maximum atomic E-state index is 4.21. The molecule has 0 aliphatic heterocycles. The zero-order valence-corrected chi connectivity index (χ0v) is 9.78. The van der Waals surface area contributed by atoms with E-state index in [0.29, 0.717) is 0 Å². The molecule has 14 heavy (non-hydrogen) atoms. The van der Waals surface area contributed by atoms with Crippen LogP contribution < -0.4 is 10.6 Å². The molecule has 80 valence electrons. The zero-order chi connectivity index (χ0) is 10.2. The van der Waals surface area contributed by atoms with Crippen molar-refractivity contribution in [2.45, 2.75) is 26.8 Å². The fraction of sp³-hybridized carbons (Fsp3) is 0.700. The van der Waals surface area contributed by atoms with Crippen LogP contribution in [0.15, 0.2) is 5.51 Å². The molecule has 0 amide bonds. The van der Waals surface area contributed by atoms with Gasteiger partial charge in [0.15, 0.2) is 0 Å². The van der Waals surface area contributed by atoms with Gasteiger partial charge in [-0.2, -0.15) is 0 Å². The molecule has 0 saturated heterocycles. The number of rotatable bonds is 7. The average Bonchev–Trinajstić information content (AvgIpc) is 2.58. The highest BCUT2D eigenvalue weighted by molar-refractivity contribution is 7.09. The molecule has 0 saturated carbocycles. The van der Waals surface area contributed by atoms with Crippen molar-refractivity contribution in [1.29, 1.82) is 0 Å². The number of hydrogen-bond donors (Lipinski definition) is 2. The van der Waals surface area contributed by atoms with Gasteiger partial charge in [0.2, 0.25) is 0 Å². The SMILES string of the molecule is CCCNCCNCc1scnc1C. The summed E-state index contributed by atoms with van der Waals surface area (Å²) >= 11 is 1.72. The van der Waals surface area contributed by atoms with Crippen molar-refractivity contribution in [1.82, 2.24) is 15.6 Å². The normalized spacial score (nSPS) is 10.7. The van der Waals surface area contributed by atoms with Gasteiger partial charge in [-0.3, -0.25) is 0 Å². The molecule has 1 aromatic heterocycles. The van der Waals surface area contributed by atoms with E-state index in [4.69, 9.17) is 0 Å². The van der Waals surface area contributed by atoms with Gasteiger partial charge < -0.3 is 10.6 Å². The van der Waals surface area contributed by atoms with Gasteiger partial charge >= 0.3 is 0 Å². The summed E-state index contributed by atoms with van der Waals surface area (Å²) in [6, 6.07) is 0. The lowest BCUT2D eigenvalue weighted by atomic mass is 10.4. The van der Waals surface area contributed by atoms with Gasteiger partial charge in [-0.05, 0) is 19.9 Å². The first-order valence-electron chi connectivity index (χ1n) is 5.15. The van der Waals surface area contributed by atoms with Crippen LogP contribution in [0.3, 0.4) is 0 Å². The summed E-state index contributed by atoms with van der Waals surface area (Å²) in [7, 11) is 0. The van der Waals surface area contributed by atoms with Gasteiger partial charge in [-0.15, -0.1) is 11.3 Å². The molecule has 1 rings (SSSR count). The summed E-state index contributed by atoms with van der Waals surface area (Å²) in [6.07, 6.45) is 1.20. The molecule has 0 radical (unpaired) electrons. The van der Waals surface area contributed by atoms with E-state index in [1.807, 2.05) is 5.51 Å². The molecule has 0 aliphatic rings. The molecule has 0 unspecified atom stereocenters. The van der Waals surface area contributed by atoms with Gasteiger partial charge in [0.05, 0.1) is 11.2 Å². The topological polar surface area (TPSA) is 37.0 Å². The van der Waals surface area contributed by atoms with Crippen molar-refractivity contribution < 1.29 is 0 Å². The standard InChI is InChI=1S/C10H19N3S/c1-3-4-11-5-6-12-7-10-9(2)13-8-14-10/h8,11-12H,3-7H2,1-2H3. The lowest BCUT2D eigenvalue weighted by Gasteiger charge is -2.04. The Morgan fingerprint density at radius 3 is 2.71 bits per heavy atom. The molecule has 0 aliphatic carbocycles. The number of thiazole rings is 1. The van der Waals surface area contributed by atoms with E-state index >= 15 is 0 Å². The van der Waals surface area contributed by atoms with Crippen molar-refractivity contribution in [3.8, 4) is 0 Å². The maximum absolute atomic E-state index is 4.21. The Balaban J connectivity index is 2.02. The van der Waals surface area contributed by atoms with E-state index in [9.17, 15) is 0 Å². The van der Waals surface area contributed by atoms with Crippen LogP contribution in [0, 0.1) is 6.92 Å². The van der Waals surface area contributed by atoms with E-state index in [2.05, 4.69) is 29.5 Å². The fourth-order valence-electron chi connectivity index (χ4n) is 1.18. The van der Waals surface area contributed by atoms with Crippen molar-refractivity contribution in [2.24, 2.45) is 0 Å². The largest absolute Gasteiger partial charge is 0.315 e. The molecule has 0 aromatic carbocycles. The molecule has 3 nitrogen and oxygen atoms in total. The molecule has 0 bridgehead atoms. The maximum Gasteiger partial charge on any atom is 0.0798 e. The van der Waals surface area contributed by atoms with Crippen molar-refractivity contribution in [3.63, 3.8) is 0 Å². The molecule has 0 atom stereocenters. The Morgan fingerprint density at radius 2 is 2.07 bits per heavy atom. The highest BCUT2D eigenvalue weighted by atomic mass is 32.1. The first-order chi connectivity index (χ1) is 6.84. The average molecular weight is 213 g/mol. The minimum absolute atomic E-state index is 0.949.